The van der Waals surface area contributed by atoms with Crippen LogP contribution in [0.4, 0.5) is 0 Å². The summed E-state index contributed by atoms with van der Waals surface area (Å²) in [6.07, 6.45) is 82.7. The first kappa shape index (κ1) is 74.4. The van der Waals surface area contributed by atoms with E-state index in [1.807, 2.05) is 0 Å². The molecule has 0 fully saturated rings. The average Bonchev–Trinajstić information content (AvgIpc) is 3.43. The van der Waals surface area contributed by atoms with Crippen molar-refractivity contribution in [2.45, 2.75) is 374 Å². The molecule has 0 aliphatic heterocycles. The molecule has 0 aromatic heterocycles. The number of unbranched alkanes of at least 4 members (excludes halogenated alkanes) is 44. The first-order valence-electron chi connectivity index (χ1n) is 34.1. The molecule has 0 saturated carbocycles. The standard InChI is InChI=1S/C71H130O6/c1-4-7-10-13-16-19-22-25-28-30-32-33-34-35-36-37-39-40-43-46-49-52-55-58-61-64-70(73)76-67-68(66-75-69(72)63-60-57-54-51-48-45-42-27-24-21-18-15-12-9-6-3)77-71(74)65-62-59-56-53-50-47-44-41-38-31-29-26-23-20-17-14-11-8-5-2/h18,21,26-27,29-30,32,42,68H,4-17,19-20,22-25,28,31,33-41,43-67H2,1-3H3/b21-18-,29-26-,32-30-,42-27-. The maximum atomic E-state index is 12.9. The van der Waals surface area contributed by atoms with E-state index in [-0.39, 0.29) is 31.1 Å². The lowest BCUT2D eigenvalue weighted by atomic mass is 10.0. The lowest BCUT2D eigenvalue weighted by molar-refractivity contribution is -0.167. The molecule has 77 heavy (non-hydrogen) atoms. The maximum absolute atomic E-state index is 12.9. The van der Waals surface area contributed by atoms with E-state index < -0.39 is 6.10 Å². The Hall–Kier alpha value is -2.63. The number of rotatable bonds is 63. The van der Waals surface area contributed by atoms with Crippen molar-refractivity contribution in [3.05, 3.63) is 48.6 Å². The van der Waals surface area contributed by atoms with Gasteiger partial charge in [-0.2, -0.15) is 0 Å². The Morgan fingerprint density at radius 3 is 0.753 bits per heavy atom. The van der Waals surface area contributed by atoms with Crippen molar-refractivity contribution in [1.29, 1.82) is 0 Å². The minimum Gasteiger partial charge on any atom is -0.462 e. The molecule has 6 nitrogen and oxygen atoms in total. The summed E-state index contributed by atoms with van der Waals surface area (Å²) in [5.41, 5.74) is 0. The molecule has 1 atom stereocenters. The van der Waals surface area contributed by atoms with Gasteiger partial charge in [0.25, 0.3) is 0 Å². The monoisotopic (exact) mass is 1080 g/mol. The molecule has 0 rings (SSSR count). The van der Waals surface area contributed by atoms with Crippen molar-refractivity contribution in [2.24, 2.45) is 0 Å². The van der Waals surface area contributed by atoms with Crippen LogP contribution < -0.4 is 0 Å². The Morgan fingerprint density at radius 2 is 0.468 bits per heavy atom. The summed E-state index contributed by atoms with van der Waals surface area (Å²) in [6, 6.07) is 0. The van der Waals surface area contributed by atoms with Gasteiger partial charge < -0.3 is 14.2 Å². The van der Waals surface area contributed by atoms with Crippen LogP contribution in [0.1, 0.15) is 367 Å². The van der Waals surface area contributed by atoms with Crippen LogP contribution in [0, 0.1) is 0 Å². The fraction of sp³-hybridized carbons (Fsp3) is 0.845. The normalized spacial score (nSPS) is 12.3. The molecule has 0 N–H and O–H groups in total. The molecule has 0 aliphatic carbocycles. The predicted octanol–water partition coefficient (Wildman–Crippen LogP) is 23.3. The van der Waals surface area contributed by atoms with E-state index in [1.54, 1.807) is 0 Å². The van der Waals surface area contributed by atoms with Gasteiger partial charge in [-0.1, -0.05) is 294 Å². The molecule has 1 unspecified atom stereocenters. The first-order valence-corrected chi connectivity index (χ1v) is 34.1. The molecule has 0 amide bonds. The van der Waals surface area contributed by atoms with Crippen molar-refractivity contribution in [3.8, 4) is 0 Å². The average molecular weight is 1080 g/mol. The van der Waals surface area contributed by atoms with E-state index in [1.165, 1.54) is 250 Å². The van der Waals surface area contributed by atoms with Crippen molar-refractivity contribution in [3.63, 3.8) is 0 Å². The topological polar surface area (TPSA) is 78.9 Å². The van der Waals surface area contributed by atoms with E-state index in [0.717, 1.165) is 77.0 Å². The Labute approximate surface area is 479 Å². The predicted molar refractivity (Wildman–Crippen MR) is 335 cm³/mol. The second-order valence-electron chi connectivity index (χ2n) is 23.1. The van der Waals surface area contributed by atoms with Crippen LogP contribution in [-0.4, -0.2) is 37.2 Å². The molecule has 0 saturated heterocycles. The second kappa shape index (κ2) is 65.9. The molecule has 450 valence electrons. The van der Waals surface area contributed by atoms with Gasteiger partial charge in [-0.15, -0.1) is 0 Å². The Balaban J connectivity index is 4.29. The van der Waals surface area contributed by atoms with Gasteiger partial charge in [0, 0.05) is 19.3 Å². The SMILES string of the molecule is CCCCC/C=C\C/C=C\CCCCCCCC(=O)OCC(COC(=O)CCCCCCCCCCCCCCC/C=C\CCCCCCCCCC)OC(=O)CCCCCCCCCCC/C=C\CCCCCCCC. The number of ether oxygens (including phenoxy) is 3. The summed E-state index contributed by atoms with van der Waals surface area (Å²) in [5, 5.41) is 0. The molecule has 0 aliphatic rings. The Bertz CT molecular complexity index is 1330. The third-order valence-corrected chi connectivity index (χ3v) is 15.3. The molecule has 0 radical (unpaired) electrons. The zero-order chi connectivity index (χ0) is 55.7. The fourth-order valence-electron chi connectivity index (χ4n) is 10.1. The third-order valence-electron chi connectivity index (χ3n) is 15.3. The molecule has 0 bridgehead atoms. The van der Waals surface area contributed by atoms with Crippen molar-refractivity contribution >= 4 is 17.9 Å². The molecular formula is C71H130O6. The van der Waals surface area contributed by atoms with E-state index in [9.17, 15) is 14.4 Å². The summed E-state index contributed by atoms with van der Waals surface area (Å²) in [7, 11) is 0. The van der Waals surface area contributed by atoms with E-state index in [2.05, 4.69) is 69.4 Å². The zero-order valence-corrected chi connectivity index (χ0v) is 51.7. The minimum absolute atomic E-state index is 0.0756. The highest BCUT2D eigenvalue weighted by Gasteiger charge is 2.19. The first-order chi connectivity index (χ1) is 38.0. The van der Waals surface area contributed by atoms with Gasteiger partial charge in [0.2, 0.25) is 0 Å². The summed E-state index contributed by atoms with van der Waals surface area (Å²) in [4.78, 5) is 38.4. The molecule has 0 aromatic rings. The van der Waals surface area contributed by atoms with Crippen molar-refractivity contribution < 1.29 is 28.6 Å². The quantitative estimate of drug-likeness (QED) is 0.0261. The minimum atomic E-state index is -0.780. The fourth-order valence-corrected chi connectivity index (χ4v) is 10.1. The summed E-state index contributed by atoms with van der Waals surface area (Å²) in [5.74, 6) is -0.870. The van der Waals surface area contributed by atoms with Gasteiger partial charge in [0.15, 0.2) is 6.10 Å². The lowest BCUT2D eigenvalue weighted by Gasteiger charge is -2.18. The maximum Gasteiger partial charge on any atom is 0.306 e. The van der Waals surface area contributed by atoms with Gasteiger partial charge >= 0.3 is 17.9 Å². The van der Waals surface area contributed by atoms with Crippen molar-refractivity contribution in [2.75, 3.05) is 13.2 Å². The molecule has 0 aromatic carbocycles. The number of carbonyl (C=O) groups excluding carboxylic acids is 3. The largest absolute Gasteiger partial charge is 0.462 e. The third kappa shape index (κ3) is 64.1. The zero-order valence-electron chi connectivity index (χ0n) is 51.7. The molecular weight excluding hydrogens is 949 g/mol. The highest BCUT2D eigenvalue weighted by molar-refractivity contribution is 5.71. The van der Waals surface area contributed by atoms with Crippen LogP contribution in [0.2, 0.25) is 0 Å². The number of hydrogen-bond acceptors (Lipinski definition) is 6. The summed E-state index contributed by atoms with van der Waals surface area (Å²) >= 11 is 0. The number of allylic oxidation sites excluding steroid dienone is 8. The van der Waals surface area contributed by atoms with Crippen LogP contribution in [0.25, 0.3) is 0 Å². The van der Waals surface area contributed by atoms with Crippen LogP contribution >= 0.6 is 0 Å². The van der Waals surface area contributed by atoms with Crippen LogP contribution in [0.15, 0.2) is 48.6 Å². The van der Waals surface area contributed by atoms with E-state index in [0.29, 0.717) is 19.3 Å². The molecule has 6 heteroatoms. The number of hydrogen-bond donors (Lipinski definition) is 0. The lowest BCUT2D eigenvalue weighted by Crippen LogP contribution is -2.30. The Kier molecular flexibility index (Phi) is 63.6. The van der Waals surface area contributed by atoms with Crippen LogP contribution in [0.5, 0.6) is 0 Å². The van der Waals surface area contributed by atoms with Gasteiger partial charge in [0.1, 0.15) is 13.2 Å². The van der Waals surface area contributed by atoms with Crippen LogP contribution in [-0.2, 0) is 28.6 Å². The van der Waals surface area contributed by atoms with Gasteiger partial charge in [0.05, 0.1) is 0 Å². The Morgan fingerprint density at radius 1 is 0.260 bits per heavy atom. The van der Waals surface area contributed by atoms with Gasteiger partial charge in [-0.05, 0) is 103 Å². The number of carbonyl (C=O) groups is 3. The second-order valence-corrected chi connectivity index (χ2v) is 23.1. The highest BCUT2D eigenvalue weighted by atomic mass is 16.6. The van der Waals surface area contributed by atoms with E-state index >= 15 is 0 Å². The van der Waals surface area contributed by atoms with Crippen molar-refractivity contribution in [1.82, 2.24) is 0 Å². The summed E-state index contributed by atoms with van der Waals surface area (Å²) < 4.78 is 17.0. The van der Waals surface area contributed by atoms with E-state index in [4.69, 9.17) is 14.2 Å². The highest BCUT2D eigenvalue weighted by Crippen LogP contribution is 2.17. The van der Waals surface area contributed by atoms with Gasteiger partial charge in [-0.3, -0.25) is 14.4 Å². The van der Waals surface area contributed by atoms with Gasteiger partial charge in [-0.25, -0.2) is 0 Å². The van der Waals surface area contributed by atoms with Crippen LogP contribution in [0.3, 0.4) is 0 Å². The number of esters is 3. The molecule has 0 spiro atoms. The summed E-state index contributed by atoms with van der Waals surface area (Å²) in [6.45, 7) is 6.65. The smallest absolute Gasteiger partial charge is 0.306 e. The molecule has 0 heterocycles.